The van der Waals surface area contributed by atoms with Gasteiger partial charge in [0.1, 0.15) is 0 Å². The lowest BCUT2D eigenvalue weighted by molar-refractivity contribution is -0.385. The fourth-order valence-corrected chi connectivity index (χ4v) is 1.16. The molecular weight excluding hydrogens is 244 g/mol. The van der Waals surface area contributed by atoms with E-state index in [9.17, 15) is 19.7 Å². The molecule has 0 aliphatic rings. The van der Waals surface area contributed by atoms with E-state index in [1.807, 2.05) is 10.9 Å². The van der Waals surface area contributed by atoms with E-state index >= 15 is 0 Å². The molecule has 1 aromatic carbocycles. The number of primary amides is 1. The van der Waals surface area contributed by atoms with Crippen LogP contribution in [0.4, 0.5) is 10.5 Å². The number of nitrogens with one attached hydrogen (secondary N) is 2. The number of hydrazine groups is 1. The second kappa shape index (κ2) is 5.48. The van der Waals surface area contributed by atoms with E-state index in [1.54, 1.807) is 0 Å². The van der Waals surface area contributed by atoms with Gasteiger partial charge in [-0.15, -0.1) is 0 Å². The minimum Gasteiger partial charge on any atom is -0.490 e. The smallest absolute Gasteiger partial charge is 0.330 e. The first-order chi connectivity index (χ1) is 8.45. The summed E-state index contributed by atoms with van der Waals surface area (Å²) in [5, 5.41) is 10.6. The van der Waals surface area contributed by atoms with Crippen LogP contribution in [0.3, 0.4) is 0 Å². The van der Waals surface area contributed by atoms with Crippen LogP contribution in [0.25, 0.3) is 0 Å². The highest BCUT2D eigenvalue weighted by Crippen LogP contribution is 2.27. The largest absolute Gasteiger partial charge is 0.490 e. The number of nitro benzene ring substituents is 1. The molecule has 0 aliphatic carbocycles. The van der Waals surface area contributed by atoms with Crippen molar-refractivity contribution in [3.63, 3.8) is 0 Å². The minimum atomic E-state index is -0.933. The summed E-state index contributed by atoms with van der Waals surface area (Å²) in [4.78, 5) is 31.9. The van der Waals surface area contributed by atoms with Crippen molar-refractivity contribution in [2.75, 3.05) is 7.11 Å². The maximum Gasteiger partial charge on any atom is 0.330 e. The van der Waals surface area contributed by atoms with Crippen LogP contribution in [-0.2, 0) is 0 Å². The van der Waals surface area contributed by atoms with Crippen molar-refractivity contribution in [2.24, 2.45) is 5.73 Å². The molecule has 1 aromatic rings. The highest BCUT2D eigenvalue weighted by molar-refractivity contribution is 5.95. The van der Waals surface area contributed by atoms with E-state index in [1.165, 1.54) is 19.2 Å². The van der Waals surface area contributed by atoms with Crippen molar-refractivity contribution in [3.8, 4) is 5.75 Å². The molecule has 0 saturated carbocycles. The summed E-state index contributed by atoms with van der Waals surface area (Å²) in [5.74, 6) is -0.742. The molecular formula is C9H10N4O5. The van der Waals surface area contributed by atoms with Crippen LogP contribution in [0, 0.1) is 10.1 Å². The van der Waals surface area contributed by atoms with Crippen LogP contribution in [0.2, 0.25) is 0 Å². The van der Waals surface area contributed by atoms with Crippen molar-refractivity contribution in [2.45, 2.75) is 0 Å². The van der Waals surface area contributed by atoms with E-state index < -0.39 is 16.9 Å². The number of urea groups is 1. The van der Waals surface area contributed by atoms with Crippen molar-refractivity contribution in [3.05, 3.63) is 33.9 Å². The number of nitro groups is 1. The van der Waals surface area contributed by atoms with Gasteiger partial charge in [0.15, 0.2) is 5.75 Å². The van der Waals surface area contributed by atoms with Gasteiger partial charge in [-0.3, -0.25) is 20.3 Å². The molecule has 3 amide bonds. The zero-order chi connectivity index (χ0) is 13.7. The molecule has 1 rings (SSSR count). The van der Waals surface area contributed by atoms with Crippen molar-refractivity contribution in [1.29, 1.82) is 0 Å². The first-order valence-corrected chi connectivity index (χ1v) is 4.64. The molecule has 0 radical (unpaired) electrons. The first-order valence-electron chi connectivity index (χ1n) is 4.64. The second-order valence-corrected chi connectivity index (χ2v) is 3.09. The monoisotopic (exact) mass is 254 g/mol. The Morgan fingerprint density at radius 2 is 2.06 bits per heavy atom. The lowest BCUT2D eigenvalue weighted by Gasteiger charge is -2.06. The summed E-state index contributed by atoms with van der Waals surface area (Å²) in [6.45, 7) is 0. The molecule has 0 atom stereocenters. The van der Waals surface area contributed by atoms with Gasteiger partial charge in [-0.2, -0.15) is 0 Å². The zero-order valence-electron chi connectivity index (χ0n) is 9.30. The molecule has 0 aromatic heterocycles. The number of benzene rings is 1. The molecule has 96 valence electrons. The number of ether oxygens (including phenoxy) is 1. The van der Waals surface area contributed by atoms with Crippen LogP contribution in [0.5, 0.6) is 5.75 Å². The molecule has 9 nitrogen and oxygen atoms in total. The van der Waals surface area contributed by atoms with Gasteiger partial charge in [0, 0.05) is 17.7 Å². The molecule has 0 heterocycles. The number of hydrogen-bond acceptors (Lipinski definition) is 5. The third-order valence-corrected chi connectivity index (χ3v) is 1.94. The molecule has 9 heteroatoms. The Balaban J connectivity index is 2.94. The molecule has 0 unspecified atom stereocenters. The normalized spacial score (nSPS) is 9.39. The SMILES string of the molecule is COc1cc(C(=O)NNC(N)=O)ccc1[N+](=O)[O-]. The molecule has 0 aliphatic heterocycles. The lowest BCUT2D eigenvalue weighted by atomic mass is 10.2. The predicted molar refractivity (Wildman–Crippen MR) is 59.8 cm³/mol. The van der Waals surface area contributed by atoms with Crippen LogP contribution in [-0.4, -0.2) is 24.0 Å². The lowest BCUT2D eigenvalue weighted by Crippen LogP contribution is -2.44. The van der Waals surface area contributed by atoms with Crippen LogP contribution in [0.15, 0.2) is 18.2 Å². The van der Waals surface area contributed by atoms with Crippen LogP contribution in [0.1, 0.15) is 10.4 Å². The van der Waals surface area contributed by atoms with Gasteiger partial charge < -0.3 is 10.5 Å². The Morgan fingerprint density at radius 1 is 1.39 bits per heavy atom. The Bertz CT molecular complexity index is 502. The Kier molecular flexibility index (Phi) is 4.02. The summed E-state index contributed by atoms with van der Waals surface area (Å²) in [6.07, 6.45) is 0. The van der Waals surface area contributed by atoms with Gasteiger partial charge in [-0.05, 0) is 6.07 Å². The van der Waals surface area contributed by atoms with Gasteiger partial charge in [0.25, 0.3) is 5.91 Å². The minimum absolute atomic E-state index is 0.0632. The standard InChI is InChI=1S/C9H10N4O5/c1-18-7-4-5(2-3-6(7)13(16)17)8(14)11-12-9(10)15/h2-4H,1H3,(H,11,14)(H3,10,12,15). The van der Waals surface area contributed by atoms with Crippen LogP contribution >= 0.6 is 0 Å². The number of methoxy groups -OCH3 is 1. The van der Waals surface area contributed by atoms with Crippen molar-refractivity contribution < 1.29 is 19.2 Å². The Hall–Kier alpha value is -2.84. The quantitative estimate of drug-likeness (QED) is 0.511. The van der Waals surface area contributed by atoms with Gasteiger partial charge in [-0.25, -0.2) is 10.2 Å². The fraction of sp³-hybridized carbons (Fsp3) is 0.111. The third kappa shape index (κ3) is 3.07. The van der Waals surface area contributed by atoms with E-state index in [0.717, 1.165) is 6.07 Å². The van der Waals surface area contributed by atoms with E-state index in [0.29, 0.717) is 0 Å². The average molecular weight is 254 g/mol. The molecule has 0 fully saturated rings. The van der Waals surface area contributed by atoms with Crippen LogP contribution < -0.4 is 21.3 Å². The molecule has 0 bridgehead atoms. The summed E-state index contributed by atoms with van der Waals surface area (Å²) < 4.78 is 4.79. The molecule has 18 heavy (non-hydrogen) atoms. The fourth-order valence-electron chi connectivity index (χ4n) is 1.16. The maximum absolute atomic E-state index is 11.5. The van der Waals surface area contributed by atoms with Crippen molar-refractivity contribution in [1.82, 2.24) is 10.9 Å². The van der Waals surface area contributed by atoms with Crippen molar-refractivity contribution >= 4 is 17.6 Å². The highest BCUT2D eigenvalue weighted by atomic mass is 16.6. The van der Waals surface area contributed by atoms with E-state index in [4.69, 9.17) is 10.5 Å². The number of hydrogen-bond donors (Lipinski definition) is 3. The van der Waals surface area contributed by atoms with Gasteiger partial charge in [0.05, 0.1) is 12.0 Å². The number of nitrogens with zero attached hydrogens (tertiary/aromatic N) is 1. The summed E-state index contributed by atoms with van der Waals surface area (Å²) in [7, 11) is 1.24. The van der Waals surface area contributed by atoms with Gasteiger partial charge >= 0.3 is 11.7 Å². The number of carbonyl (C=O) groups is 2. The topological polar surface area (TPSA) is 137 Å². The summed E-state index contributed by atoms with van der Waals surface area (Å²) >= 11 is 0. The highest BCUT2D eigenvalue weighted by Gasteiger charge is 2.17. The zero-order valence-corrected chi connectivity index (χ0v) is 9.30. The van der Waals surface area contributed by atoms with Gasteiger partial charge in [-0.1, -0.05) is 0 Å². The maximum atomic E-state index is 11.5. The number of carbonyl (C=O) groups excluding carboxylic acids is 2. The predicted octanol–water partition coefficient (Wildman–Crippen LogP) is -0.0835. The molecule has 4 N–H and O–H groups in total. The third-order valence-electron chi connectivity index (χ3n) is 1.94. The van der Waals surface area contributed by atoms with E-state index in [-0.39, 0.29) is 17.0 Å². The Morgan fingerprint density at radius 3 is 2.56 bits per heavy atom. The number of nitrogens with two attached hydrogens (primary N) is 1. The van der Waals surface area contributed by atoms with Gasteiger partial charge in [0.2, 0.25) is 0 Å². The molecule has 0 spiro atoms. The number of amides is 3. The number of rotatable bonds is 3. The molecule has 0 saturated heterocycles. The Labute approximate surface area is 101 Å². The first kappa shape index (κ1) is 13.2. The average Bonchev–Trinajstić information content (AvgIpc) is 2.34. The summed E-state index contributed by atoms with van der Waals surface area (Å²) in [6, 6.07) is 2.59. The summed E-state index contributed by atoms with van der Waals surface area (Å²) in [5.41, 5.74) is 8.46. The van der Waals surface area contributed by atoms with E-state index in [2.05, 4.69) is 0 Å². The second-order valence-electron chi connectivity index (χ2n) is 3.09.